The Balaban J connectivity index is 1.68. The SMILES string of the molecule is CCCCCOCc1cccc(CNC2CC2)c1. The van der Waals surface area contributed by atoms with E-state index in [9.17, 15) is 0 Å². The van der Waals surface area contributed by atoms with Gasteiger partial charge in [0.05, 0.1) is 6.61 Å². The number of unbranched alkanes of at least 4 members (excludes halogenated alkanes) is 2. The van der Waals surface area contributed by atoms with Gasteiger partial charge in [-0.05, 0) is 30.4 Å². The summed E-state index contributed by atoms with van der Waals surface area (Å²) in [5, 5.41) is 3.54. The molecule has 0 heterocycles. The van der Waals surface area contributed by atoms with Crippen LogP contribution >= 0.6 is 0 Å². The third kappa shape index (κ3) is 5.19. The number of hydrogen-bond acceptors (Lipinski definition) is 2. The van der Waals surface area contributed by atoms with Crippen LogP contribution in [-0.2, 0) is 17.9 Å². The van der Waals surface area contributed by atoms with Crippen LogP contribution < -0.4 is 5.32 Å². The molecule has 1 N–H and O–H groups in total. The number of nitrogens with one attached hydrogen (secondary N) is 1. The van der Waals surface area contributed by atoms with E-state index in [4.69, 9.17) is 4.74 Å². The highest BCUT2D eigenvalue weighted by Crippen LogP contribution is 2.19. The molecule has 0 radical (unpaired) electrons. The van der Waals surface area contributed by atoms with Crippen molar-refractivity contribution in [3.05, 3.63) is 35.4 Å². The first kappa shape index (κ1) is 13.6. The molecule has 18 heavy (non-hydrogen) atoms. The van der Waals surface area contributed by atoms with Crippen molar-refractivity contribution >= 4 is 0 Å². The van der Waals surface area contributed by atoms with Crippen molar-refractivity contribution in [3.63, 3.8) is 0 Å². The number of hydrogen-bond donors (Lipinski definition) is 1. The first-order valence-electron chi connectivity index (χ1n) is 7.27. The lowest BCUT2D eigenvalue weighted by molar-refractivity contribution is 0.117. The summed E-state index contributed by atoms with van der Waals surface area (Å²) in [5.74, 6) is 0. The van der Waals surface area contributed by atoms with Gasteiger partial charge < -0.3 is 10.1 Å². The van der Waals surface area contributed by atoms with E-state index >= 15 is 0 Å². The fourth-order valence-corrected chi connectivity index (χ4v) is 2.02. The Hall–Kier alpha value is -0.860. The molecule has 1 aromatic carbocycles. The summed E-state index contributed by atoms with van der Waals surface area (Å²) >= 11 is 0. The molecule has 2 nitrogen and oxygen atoms in total. The maximum Gasteiger partial charge on any atom is 0.0716 e. The standard InChI is InChI=1S/C16H25NO/c1-2-3-4-10-18-13-15-7-5-6-14(11-15)12-17-16-8-9-16/h5-7,11,16-17H,2-4,8-10,12-13H2,1H3. The summed E-state index contributed by atoms with van der Waals surface area (Å²) < 4.78 is 5.69. The van der Waals surface area contributed by atoms with Crippen LogP contribution in [0.5, 0.6) is 0 Å². The molecule has 1 fully saturated rings. The Bertz CT molecular complexity index is 347. The smallest absolute Gasteiger partial charge is 0.0716 e. The molecule has 1 aromatic rings. The molecule has 0 bridgehead atoms. The Morgan fingerprint density at radius 2 is 2.06 bits per heavy atom. The van der Waals surface area contributed by atoms with Crippen molar-refractivity contribution in [2.45, 2.75) is 58.2 Å². The highest BCUT2D eigenvalue weighted by atomic mass is 16.5. The van der Waals surface area contributed by atoms with Gasteiger partial charge >= 0.3 is 0 Å². The van der Waals surface area contributed by atoms with Crippen molar-refractivity contribution in [1.29, 1.82) is 0 Å². The molecule has 0 amide bonds. The molecule has 1 aliphatic carbocycles. The van der Waals surface area contributed by atoms with Crippen molar-refractivity contribution in [2.24, 2.45) is 0 Å². The molecule has 0 saturated heterocycles. The van der Waals surface area contributed by atoms with Crippen LogP contribution in [0.3, 0.4) is 0 Å². The Morgan fingerprint density at radius 3 is 2.83 bits per heavy atom. The van der Waals surface area contributed by atoms with Gasteiger partial charge in [0.15, 0.2) is 0 Å². The third-order valence-electron chi connectivity index (χ3n) is 3.32. The van der Waals surface area contributed by atoms with Crippen molar-refractivity contribution in [1.82, 2.24) is 5.32 Å². The quantitative estimate of drug-likeness (QED) is 0.673. The Kier molecular flexibility index (Phi) is 5.69. The second-order valence-corrected chi connectivity index (χ2v) is 5.23. The average Bonchev–Trinajstić information content (AvgIpc) is 3.21. The van der Waals surface area contributed by atoms with Crippen LogP contribution in [0.1, 0.15) is 50.2 Å². The number of benzene rings is 1. The minimum absolute atomic E-state index is 0.751. The van der Waals surface area contributed by atoms with Crippen LogP contribution in [-0.4, -0.2) is 12.6 Å². The lowest BCUT2D eigenvalue weighted by Gasteiger charge is -2.07. The zero-order valence-electron chi connectivity index (χ0n) is 11.5. The topological polar surface area (TPSA) is 21.3 Å². The predicted molar refractivity (Wildman–Crippen MR) is 75.5 cm³/mol. The summed E-state index contributed by atoms with van der Waals surface area (Å²) in [4.78, 5) is 0. The molecule has 2 rings (SSSR count). The molecular formula is C16H25NO. The third-order valence-corrected chi connectivity index (χ3v) is 3.32. The minimum Gasteiger partial charge on any atom is -0.377 e. The Morgan fingerprint density at radius 1 is 1.22 bits per heavy atom. The summed E-state index contributed by atoms with van der Waals surface area (Å²) in [5.41, 5.74) is 2.66. The van der Waals surface area contributed by atoms with E-state index in [1.165, 1.54) is 43.2 Å². The van der Waals surface area contributed by atoms with E-state index in [0.717, 1.165) is 25.8 Å². The van der Waals surface area contributed by atoms with Gasteiger partial charge in [-0.1, -0.05) is 44.0 Å². The highest BCUT2D eigenvalue weighted by Gasteiger charge is 2.19. The second-order valence-electron chi connectivity index (χ2n) is 5.23. The molecule has 0 unspecified atom stereocenters. The van der Waals surface area contributed by atoms with Gasteiger partial charge in [-0.15, -0.1) is 0 Å². The van der Waals surface area contributed by atoms with Gasteiger partial charge in [-0.25, -0.2) is 0 Å². The Labute approximate surface area is 111 Å². The van der Waals surface area contributed by atoms with Crippen molar-refractivity contribution in [3.8, 4) is 0 Å². The van der Waals surface area contributed by atoms with E-state index in [1.54, 1.807) is 0 Å². The molecule has 2 heteroatoms. The van der Waals surface area contributed by atoms with Gasteiger partial charge in [-0.3, -0.25) is 0 Å². The van der Waals surface area contributed by atoms with Gasteiger partial charge in [-0.2, -0.15) is 0 Å². The monoisotopic (exact) mass is 247 g/mol. The number of ether oxygens (including phenoxy) is 1. The average molecular weight is 247 g/mol. The highest BCUT2D eigenvalue weighted by molar-refractivity contribution is 5.23. The second kappa shape index (κ2) is 7.55. The van der Waals surface area contributed by atoms with E-state index in [-0.39, 0.29) is 0 Å². The molecule has 0 atom stereocenters. The van der Waals surface area contributed by atoms with Crippen LogP contribution in [0.15, 0.2) is 24.3 Å². The van der Waals surface area contributed by atoms with Gasteiger partial charge in [0.25, 0.3) is 0 Å². The summed E-state index contributed by atoms with van der Waals surface area (Å²) in [6.07, 6.45) is 6.40. The van der Waals surface area contributed by atoms with Crippen molar-refractivity contribution < 1.29 is 4.74 Å². The van der Waals surface area contributed by atoms with Crippen LogP contribution in [0.25, 0.3) is 0 Å². The fourth-order valence-electron chi connectivity index (χ4n) is 2.02. The largest absolute Gasteiger partial charge is 0.377 e. The summed E-state index contributed by atoms with van der Waals surface area (Å²) in [7, 11) is 0. The number of rotatable bonds is 9. The maximum absolute atomic E-state index is 5.69. The lowest BCUT2D eigenvalue weighted by atomic mass is 10.1. The molecule has 0 spiro atoms. The van der Waals surface area contributed by atoms with E-state index in [2.05, 4.69) is 36.5 Å². The summed E-state index contributed by atoms with van der Waals surface area (Å²) in [6, 6.07) is 9.51. The molecule has 100 valence electrons. The van der Waals surface area contributed by atoms with Crippen LogP contribution in [0.2, 0.25) is 0 Å². The van der Waals surface area contributed by atoms with Crippen LogP contribution in [0, 0.1) is 0 Å². The van der Waals surface area contributed by atoms with Crippen molar-refractivity contribution in [2.75, 3.05) is 6.61 Å². The predicted octanol–water partition coefficient (Wildman–Crippen LogP) is 3.65. The normalized spacial score (nSPS) is 14.9. The zero-order chi connectivity index (χ0) is 12.6. The molecule has 0 aromatic heterocycles. The van der Waals surface area contributed by atoms with Gasteiger partial charge in [0.2, 0.25) is 0 Å². The van der Waals surface area contributed by atoms with E-state index < -0.39 is 0 Å². The van der Waals surface area contributed by atoms with Gasteiger partial charge in [0.1, 0.15) is 0 Å². The maximum atomic E-state index is 5.69. The summed E-state index contributed by atoms with van der Waals surface area (Å²) in [6.45, 7) is 4.85. The minimum atomic E-state index is 0.751. The first-order chi connectivity index (χ1) is 8.88. The first-order valence-corrected chi connectivity index (χ1v) is 7.27. The van der Waals surface area contributed by atoms with Crippen LogP contribution in [0.4, 0.5) is 0 Å². The van der Waals surface area contributed by atoms with E-state index in [0.29, 0.717) is 0 Å². The van der Waals surface area contributed by atoms with Gasteiger partial charge in [0, 0.05) is 19.2 Å². The fraction of sp³-hybridized carbons (Fsp3) is 0.625. The molecule has 0 aliphatic heterocycles. The van der Waals surface area contributed by atoms with E-state index in [1.807, 2.05) is 0 Å². The zero-order valence-corrected chi connectivity index (χ0v) is 11.5. The lowest BCUT2D eigenvalue weighted by Crippen LogP contribution is -2.15. The molecule has 1 aliphatic rings. The molecule has 1 saturated carbocycles. The molecular weight excluding hydrogens is 222 g/mol.